The number of nitrogens with zero attached hydrogens (tertiary/aromatic N) is 3. The molecule has 0 aliphatic heterocycles. The van der Waals surface area contributed by atoms with Gasteiger partial charge >= 0.3 is 0 Å². The number of nitrogen functional groups attached to an aromatic ring is 2. The van der Waals surface area contributed by atoms with Crippen LogP contribution in [0.4, 0.5) is 11.8 Å². The fourth-order valence-corrected chi connectivity index (χ4v) is 2.65. The van der Waals surface area contributed by atoms with Crippen LogP contribution < -0.4 is 20.9 Å². The van der Waals surface area contributed by atoms with Crippen LogP contribution in [0.5, 0.6) is 17.2 Å². The molecule has 0 spiro atoms. The van der Waals surface area contributed by atoms with Crippen molar-refractivity contribution < 1.29 is 9.47 Å². The van der Waals surface area contributed by atoms with Gasteiger partial charge in [-0.05, 0) is 26.1 Å². The number of anilines is 2. The zero-order chi connectivity index (χ0) is 20.1. The van der Waals surface area contributed by atoms with Gasteiger partial charge in [-0.15, -0.1) is 6.42 Å². The van der Waals surface area contributed by atoms with Crippen LogP contribution in [-0.4, -0.2) is 42.6 Å². The maximum Gasteiger partial charge on any atom is 0.222 e. The number of hydrogen-bond donors (Lipinski definition) is 2. The standard InChI is InChI=1S/C20H27N5O2/c1-7-13-10-17(14(12(2)3)11-16(13)26-6)27-18-15(8-9-25(4)5)23-20(22)24-19(18)21/h1,10-12H,8-9H2,2-6H3,(H4,21,22,23,24). The predicted molar refractivity (Wildman–Crippen MR) is 108 cm³/mol. The van der Waals surface area contributed by atoms with Gasteiger partial charge in [0.2, 0.25) is 5.95 Å². The van der Waals surface area contributed by atoms with E-state index >= 15 is 0 Å². The summed E-state index contributed by atoms with van der Waals surface area (Å²) in [5.41, 5.74) is 14.1. The number of hydrogen-bond acceptors (Lipinski definition) is 7. The minimum Gasteiger partial charge on any atom is -0.495 e. The summed E-state index contributed by atoms with van der Waals surface area (Å²) in [4.78, 5) is 10.4. The minimum atomic E-state index is 0.122. The highest BCUT2D eigenvalue weighted by atomic mass is 16.5. The molecular formula is C20H27N5O2. The molecule has 0 atom stereocenters. The van der Waals surface area contributed by atoms with Crippen molar-refractivity contribution in [3.8, 4) is 29.6 Å². The lowest BCUT2D eigenvalue weighted by Gasteiger charge is -2.19. The second kappa shape index (κ2) is 8.60. The Kier molecular flexibility index (Phi) is 6.48. The highest BCUT2D eigenvalue weighted by Gasteiger charge is 2.19. The second-order valence-electron chi connectivity index (χ2n) is 6.79. The number of ether oxygens (including phenoxy) is 2. The van der Waals surface area contributed by atoms with Crippen molar-refractivity contribution in [2.75, 3.05) is 39.2 Å². The number of aromatic nitrogens is 2. The number of benzene rings is 1. The summed E-state index contributed by atoms with van der Waals surface area (Å²) in [6.07, 6.45) is 6.24. The van der Waals surface area contributed by atoms with Crippen molar-refractivity contribution in [3.05, 3.63) is 29.0 Å². The van der Waals surface area contributed by atoms with Crippen LogP contribution in [-0.2, 0) is 6.42 Å². The monoisotopic (exact) mass is 369 g/mol. The Morgan fingerprint density at radius 1 is 1.19 bits per heavy atom. The molecule has 4 N–H and O–H groups in total. The zero-order valence-corrected chi connectivity index (χ0v) is 16.5. The van der Waals surface area contributed by atoms with Gasteiger partial charge in [0.05, 0.1) is 18.4 Å². The first-order chi connectivity index (χ1) is 12.8. The number of nitrogens with two attached hydrogens (primary N) is 2. The van der Waals surface area contributed by atoms with E-state index in [1.54, 1.807) is 13.2 Å². The minimum absolute atomic E-state index is 0.122. The molecule has 2 rings (SSSR count). The Hall–Kier alpha value is -2.98. The third kappa shape index (κ3) is 4.80. The molecule has 1 heterocycles. The van der Waals surface area contributed by atoms with Crippen LogP contribution in [0.25, 0.3) is 0 Å². The molecule has 0 amide bonds. The summed E-state index contributed by atoms with van der Waals surface area (Å²) >= 11 is 0. The fourth-order valence-electron chi connectivity index (χ4n) is 2.65. The van der Waals surface area contributed by atoms with Crippen molar-refractivity contribution >= 4 is 11.8 Å². The molecule has 7 nitrogen and oxygen atoms in total. The number of methoxy groups -OCH3 is 1. The van der Waals surface area contributed by atoms with Gasteiger partial charge in [-0.2, -0.15) is 4.98 Å². The first kappa shape index (κ1) is 20.3. The molecular weight excluding hydrogens is 342 g/mol. The molecule has 1 aromatic carbocycles. The second-order valence-corrected chi connectivity index (χ2v) is 6.79. The van der Waals surface area contributed by atoms with Gasteiger partial charge in [-0.3, -0.25) is 0 Å². The van der Waals surface area contributed by atoms with E-state index in [4.69, 9.17) is 27.4 Å². The zero-order valence-electron chi connectivity index (χ0n) is 16.5. The number of rotatable bonds is 7. The Morgan fingerprint density at radius 2 is 1.89 bits per heavy atom. The molecule has 0 saturated carbocycles. The van der Waals surface area contributed by atoms with Crippen molar-refractivity contribution in [1.29, 1.82) is 0 Å². The topological polar surface area (TPSA) is 99.5 Å². The van der Waals surface area contributed by atoms with E-state index in [-0.39, 0.29) is 17.7 Å². The lowest BCUT2D eigenvalue weighted by molar-refractivity contribution is 0.401. The summed E-state index contributed by atoms with van der Waals surface area (Å²) in [5, 5.41) is 0. The highest BCUT2D eigenvalue weighted by molar-refractivity contribution is 5.58. The molecule has 0 bridgehead atoms. The summed E-state index contributed by atoms with van der Waals surface area (Å²) in [5.74, 6) is 4.76. The normalized spacial score (nSPS) is 10.9. The Balaban J connectivity index is 2.54. The number of likely N-dealkylation sites (N-methyl/N-ethyl adjacent to an activating group) is 1. The summed E-state index contributed by atoms with van der Waals surface area (Å²) in [6.45, 7) is 4.89. The van der Waals surface area contributed by atoms with Crippen LogP contribution in [0.15, 0.2) is 12.1 Å². The van der Waals surface area contributed by atoms with E-state index in [0.717, 1.165) is 12.1 Å². The maximum atomic E-state index is 6.19. The molecule has 0 radical (unpaired) electrons. The van der Waals surface area contributed by atoms with Crippen molar-refractivity contribution in [3.63, 3.8) is 0 Å². The molecule has 27 heavy (non-hydrogen) atoms. The van der Waals surface area contributed by atoms with Crippen LogP contribution >= 0.6 is 0 Å². The van der Waals surface area contributed by atoms with Gasteiger partial charge in [0.15, 0.2) is 11.6 Å². The quantitative estimate of drug-likeness (QED) is 0.724. The first-order valence-corrected chi connectivity index (χ1v) is 8.69. The van der Waals surface area contributed by atoms with Crippen LogP contribution in [0, 0.1) is 12.3 Å². The molecule has 0 fully saturated rings. The average Bonchev–Trinajstić information content (AvgIpc) is 2.61. The summed E-state index contributed by atoms with van der Waals surface area (Å²) < 4.78 is 11.6. The SMILES string of the molecule is C#Cc1cc(Oc2c(N)nc(N)nc2CCN(C)C)c(C(C)C)cc1OC. The van der Waals surface area contributed by atoms with E-state index in [0.29, 0.717) is 34.9 Å². The number of terminal acetylenes is 1. The molecule has 0 aliphatic carbocycles. The summed E-state index contributed by atoms with van der Waals surface area (Å²) in [7, 11) is 5.55. The summed E-state index contributed by atoms with van der Waals surface area (Å²) in [6, 6.07) is 3.67. The Labute approximate surface area is 160 Å². The van der Waals surface area contributed by atoms with E-state index in [2.05, 4.69) is 29.7 Å². The van der Waals surface area contributed by atoms with E-state index in [1.165, 1.54) is 0 Å². The first-order valence-electron chi connectivity index (χ1n) is 8.69. The van der Waals surface area contributed by atoms with Gasteiger partial charge in [0.25, 0.3) is 0 Å². The smallest absolute Gasteiger partial charge is 0.222 e. The molecule has 0 saturated heterocycles. The highest BCUT2D eigenvalue weighted by Crippen LogP contribution is 2.38. The third-order valence-electron chi connectivity index (χ3n) is 4.10. The van der Waals surface area contributed by atoms with Crippen molar-refractivity contribution in [2.45, 2.75) is 26.2 Å². The van der Waals surface area contributed by atoms with Crippen molar-refractivity contribution in [2.24, 2.45) is 0 Å². The maximum absolute atomic E-state index is 6.19. The van der Waals surface area contributed by atoms with Gasteiger partial charge in [-0.25, -0.2) is 4.98 Å². The van der Waals surface area contributed by atoms with E-state index in [1.807, 2.05) is 25.1 Å². The third-order valence-corrected chi connectivity index (χ3v) is 4.10. The predicted octanol–water partition coefficient (Wildman–Crippen LogP) is 2.65. The Bertz CT molecular complexity index is 856. The average molecular weight is 369 g/mol. The lowest BCUT2D eigenvalue weighted by Crippen LogP contribution is -2.17. The fraction of sp³-hybridized carbons (Fsp3) is 0.400. The van der Waals surface area contributed by atoms with Gasteiger partial charge < -0.3 is 25.8 Å². The lowest BCUT2D eigenvalue weighted by atomic mass is 9.99. The Morgan fingerprint density at radius 3 is 2.44 bits per heavy atom. The molecule has 2 aromatic rings. The molecule has 144 valence electrons. The molecule has 0 unspecified atom stereocenters. The van der Waals surface area contributed by atoms with Gasteiger partial charge in [0, 0.05) is 24.6 Å². The molecule has 7 heteroatoms. The molecule has 0 aliphatic rings. The molecule has 1 aromatic heterocycles. The van der Waals surface area contributed by atoms with Crippen LogP contribution in [0.1, 0.15) is 36.6 Å². The van der Waals surface area contributed by atoms with Crippen LogP contribution in [0.3, 0.4) is 0 Å². The van der Waals surface area contributed by atoms with Gasteiger partial charge in [-0.1, -0.05) is 19.8 Å². The van der Waals surface area contributed by atoms with E-state index < -0.39 is 0 Å². The van der Waals surface area contributed by atoms with Crippen LogP contribution in [0.2, 0.25) is 0 Å². The van der Waals surface area contributed by atoms with Gasteiger partial charge in [0.1, 0.15) is 11.5 Å². The van der Waals surface area contributed by atoms with E-state index in [9.17, 15) is 0 Å². The van der Waals surface area contributed by atoms with Crippen molar-refractivity contribution in [1.82, 2.24) is 14.9 Å². The largest absolute Gasteiger partial charge is 0.495 e.